The Balaban J connectivity index is 2.90. The van der Waals surface area contributed by atoms with E-state index >= 15 is 0 Å². The normalized spacial score (nSPS) is 13.7. The molecule has 0 heterocycles. The number of rotatable bonds is 5. The van der Waals surface area contributed by atoms with Crippen molar-refractivity contribution in [3.05, 3.63) is 35.1 Å². The summed E-state index contributed by atoms with van der Waals surface area (Å²) in [5, 5.41) is 3.57. The van der Waals surface area contributed by atoms with Gasteiger partial charge >= 0.3 is 0 Å². The van der Waals surface area contributed by atoms with Crippen molar-refractivity contribution in [2.45, 2.75) is 53.5 Å². The van der Waals surface area contributed by atoms with Crippen molar-refractivity contribution in [3.8, 4) is 0 Å². The molecule has 1 rings (SSSR count). The molecule has 1 unspecified atom stereocenters. The third-order valence-electron chi connectivity index (χ3n) is 3.04. The highest BCUT2D eigenvalue weighted by Gasteiger charge is 2.20. The van der Waals surface area contributed by atoms with Gasteiger partial charge in [0.2, 0.25) is 0 Å². The van der Waals surface area contributed by atoms with Gasteiger partial charge in [0.1, 0.15) is 5.82 Å². The van der Waals surface area contributed by atoms with Gasteiger partial charge in [-0.25, -0.2) is 4.39 Å². The van der Waals surface area contributed by atoms with E-state index < -0.39 is 0 Å². The first-order chi connectivity index (χ1) is 8.33. The molecule has 1 aromatic rings. The van der Waals surface area contributed by atoms with E-state index in [9.17, 15) is 4.39 Å². The maximum atomic E-state index is 13.3. The number of benzene rings is 1. The Morgan fingerprint density at radius 3 is 2.44 bits per heavy atom. The van der Waals surface area contributed by atoms with Gasteiger partial charge in [-0.1, -0.05) is 39.8 Å². The minimum Gasteiger partial charge on any atom is -0.310 e. The van der Waals surface area contributed by atoms with Crippen LogP contribution in [0.15, 0.2) is 18.2 Å². The average molecular weight is 251 g/mol. The molecule has 18 heavy (non-hydrogen) atoms. The molecule has 0 bridgehead atoms. The van der Waals surface area contributed by atoms with Gasteiger partial charge < -0.3 is 5.32 Å². The summed E-state index contributed by atoms with van der Waals surface area (Å²) in [6.07, 6.45) is 2.17. The molecule has 0 aliphatic heterocycles. The van der Waals surface area contributed by atoms with E-state index in [0.717, 1.165) is 24.9 Å². The minimum atomic E-state index is -0.122. The van der Waals surface area contributed by atoms with Crippen molar-refractivity contribution in [1.82, 2.24) is 5.32 Å². The lowest BCUT2D eigenvalue weighted by atomic mass is 9.85. The molecule has 1 aromatic carbocycles. The Morgan fingerprint density at radius 2 is 1.94 bits per heavy atom. The Kier molecular flexibility index (Phi) is 5.33. The van der Waals surface area contributed by atoms with Crippen LogP contribution < -0.4 is 5.32 Å². The van der Waals surface area contributed by atoms with Crippen LogP contribution in [0.4, 0.5) is 4.39 Å². The van der Waals surface area contributed by atoms with Gasteiger partial charge in [0.05, 0.1) is 0 Å². The molecule has 0 spiro atoms. The molecule has 1 atom stereocenters. The summed E-state index contributed by atoms with van der Waals surface area (Å²) in [5.74, 6) is -0.122. The lowest BCUT2D eigenvalue weighted by molar-refractivity contribution is 0.311. The van der Waals surface area contributed by atoms with Gasteiger partial charge in [-0.2, -0.15) is 0 Å². The third kappa shape index (κ3) is 4.77. The zero-order valence-corrected chi connectivity index (χ0v) is 12.3. The van der Waals surface area contributed by atoms with Gasteiger partial charge in [-0.3, -0.25) is 0 Å². The molecule has 102 valence electrons. The first kappa shape index (κ1) is 15.2. The SMILES string of the molecule is CCCNC(CC(C)(C)C)c1ccc(F)c(C)c1. The monoisotopic (exact) mass is 251 g/mol. The largest absolute Gasteiger partial charge is 0.310 e. The van der Waals surface area contributed by atoms with Crippen LogP contribution in [0.25, 0.3) is 0 Å². The lowest BCUT2D eigenvalue weighted by Gasteiger charge is -2.27. The van der Waals surface area contributed by atoms with Crippen molar-refractivity contribution in [2.24, 2.45) is 5.41 Å². The second-order valence-corrected chi connectivity index (χ2v) is 6.28. The molecule has 1 N–H and O–H groups in total. The number of aryl methyl sites for hydroxylation is 1. The van der Waals surface area contributed by atoms with Crippen molar-refractivity contribution in [1.29, 1.82) is 0 Å². The van der Waals surface area contributed by atoms with Gasteiger partial charge in [-0.05, 0) is 48.9 Å². The fourth-order valence-electron chi connectivity index (χ4n) is 2.12. The second kappa shape index (κ2) is 6.33. The highest BCUT2D eigenvalue weighted by molar-refractivity contribution is 5.26. The Morgan fingerprint density at radius 1 is 1.28 bits per heavy atom. The summed E-state index contributed by atoms with van der Waals surface area (Å²) in [5.41, 5.74) is 2.18. The van der Waals surface area contributed by atoms with Crippen molar-refractivity contribution in [2.75, 3.05) is 6.54 Å². The standard InChI is InChI=1S/C16H26FN/c1-6-9-18-15(11-16(3,4)5)13-7-8-14(17)12(2)10-13/h7-8,10,15,18H,6,9,11H2,1-5H3. The number of halogens is 1. The summed E-state index contributed by atoms with van der Waals surface area (Å²) in [6, 6.07) is 5.76. The molecule has 0 saturated heterocycles. The Bertz CT molecular complexity index is 379. The number of hydrogen-bond donors (Lipinski definition) is 1. The van der Waals surface area contributed by atoms with E-state index in [-0.39, 0.29) is 11.2 Å². The zero-order valence-electron chi connectivity index (χ0n) is 12.3. The van der Waals surface area contributed by atoms with Crippen LogP contribution in [0.3, 0.4) is 0 Å². The van der Waals surface area contributed by atoms with Crippen LogP contribution in [0.1, 0.15) is 57.7 Å². The van der Waals surface area contributed by atoms with Crippen LogP contribution in [0, 0.1) is 18.2 Å². The first-order valence-electron chi connectivity index (χ1n) is 6.83. The lowest BCUT2D eigenvalue weighted by Crippen LogP contribution is -2.26. The molecule has 0 fully saturated rings. The van der Waals surface area contributed by atoms with Gasteiger partial charge in [0, 0.05) is 6.04 Å². The van der Waals surface area contributed by atoms with Crippen LogP contribution in [0.5, 0.6) is 0 Å². The van der Waals surface area contributed by atoms with Gasteiger partial charge in [-0.15, -0.1) is 0 Å². The van der Waals surface area contributed by atoms with E-state index in [1.165, 1.54) is 5.56 Å². The van der Waals surface area contributed by atoms with Crippen LogP contribution in [-0.4, -0.2) is 6.54 Å². The quantitative estimate of drug-likeness (QED) is 0.805. The number of hydrogen-bond acceptors (Lipinski definition) is 1. The second-order valence-electron chi connectivity index (χ2n) is 6.28. The van der Waals surface area contributed by atoms with Crippen LogP contribution in [-0.2, 0) is 0 Å². The summed E-state index contributed by atoms with van der Waals surface area (Å²) in [7, 11) is 0. The van der Waals surface area contributed by atoms with Crippen LogP contribution >= 0.6 is 0 Å². The predicted molar refractivity (Wildman–Crippen MR) is 76.2 cm³/mol. The molecule has 0 amide bonds. The molecule has 0 aromatic heterocycles. The first-order valence-corrected chi connectivity index (χ1v) is 6.83. The van der Waals surface area contributed by atoms with E-state index in [0.29, 0.717) is 6.04 Å². The predicted octanol–water partition coefficient (Wildman–Crippen LogP) is 4.61. The molecule has 0 aliphatic rings. The van der Waals surface area contributed by atoms with Gasteiger partial charge in [0.25, 0.3) is 0 Å². The molecular weight excluding hydrogens is 225 g/mol. The molecule has 0 aliphatic carbocycles. The molecule has 0 radical (unpaired) electrons. The maximum Gasteiger partial charge on any atom is 0.126 e. The molecule has 1 nitrogen and oxygen atoms in total. The highest BCUT2D eigenvalue weighted by Crippen LogP contribution is 2.30. The molecule has 0 saturated carbocycles. The molecule has 2 heteroatoms. The third-order valence-corrected chi connectivity index (χ3v) is 3.04. The summed E-state index contributed by atoms with van der Waals surface area (Å²) >= 11 is 0. The van der Waals surface area contributed by atoms with Crippen molar-refractivity contribution < 1.29 is 4.39 Å². The fraction of sp³-hybridized carbons (Fsp3) is 0.625. The summed E-state index contributed by atoms with van der Waals surface area (Å²) in [6.45, 7) is 11.7. The van der Waals surface area contributed by atoms with Gasteiger partial charge in [0.15, 0.2) is 0 Å². The van der Waals surface area contributed by atoms with E-state index in [2.05, 4.69) is 33.0 Å². The Labute approximate surface area is 111 Å². The van der Waals surface area contributed by atoms with Crippen LogP contribution in [0.2, 0.25) is 0 Å². The Hall–Kier alpha value is -0.890. The summed E-state index contributed by atoms with van der Waals surface area (Å²) < 4.78 is 13.3. The van der Waals surface area contributed by atoms with Crippen molar-refractivity contribution >= 4 is 0 Å². The van der Waals surface area contributed by atoms with E-state index in [1.54, 1.807) is 6.07 Å². The molecular formula is C16H26FN. The fourth-order valence-corrected chi connectivity index (χ4v) is 2.12. The zero-order chi connectivity index (χ0) is 13.8. The van der Waals surface area contributed by atoms with E-state index in [4.69, 9.17) is 0 Å². The summed E-state index contributed by atoms with van der Waals surface area (Å²) in [4.78, 5) is 0. The van der Waals surface area contributed by atoms with Crippen molar-refractivity contribution in [3.63, 3.8) is 0 Å². The maximum absolute atomic E-state index is 13.3. The number of nitrogens with one attached hydrogen (secondary N) is 1. The average Bonchev–Trinajstić information content (AvgIpc) is 2.26. The minimum absolute atomic E-state index is 0.122. The van der Waals surface area contributed by atoms with E-state index in [1.807, 2.05) is 19.1 Å². The smallest absolute Gasteiger partial charge is 0.126 e. The topological polar surface area (TPSA) is 12.0 Å². The highest BCUT2D eigenvalue weighted by atomic mass is 19.1.